The number of carboxylic acids is 1. The molecule has 0 saturated heterocycles. The highest BCUT2D eigenvalue weighted by Gasteiger charge is 2.19. The van der Waals surface area contributed by atoms with E-state index in [0.29, 0.717) is 0 Å². The molecule has 3 N–H and O–H groups in total. The van der Waals surface area contributed by atoms with Crippen molar-refractivity contribution in [3.05, 3.63) is 29.6 Å². The molecule has 0 atom stereocenters. The van der Waals surface area contributed by atoms with Crippen LogP contribution in [0, 0.1) is 5.82 Å². The predicted molar refractivity (Wildman–Crippen MR) is 59.7 cm³/mol. The Balaban J connectivity index is 3.19. The molecular formula is C11H14FNO4. The van der Waals surface area contributed by atoms with Crippen molar-refractivity contribution in [1.82, 2.24) is 0 Å². The molecule has 0 amide bonds. The van der Waals surface area contributed by atoms with Crippen LogP contribution in [0.2, 0.25) is 0 Å². The van der Waals surface area contributed by atoms with Gasteiger partial charge in [-0.2, -0.15) is 0 Å². The second-order valence-corrected chi connectivity index (χ2v) is 3.38. The number of para-hydroxylation sites is 1. The van der Waals surface area contributed by atoms with E-state index >= 15 is 0 Å². The first-order valence-electron chi connectivity index (χ1n) is 5.10. The Morgan fingerprint density at radius 2 is 1.82 bits per heavy atom. The highest BCUT2D eigenvalue weighted by molar-refractivity contribution is 5.94. The number of aliphatic hydroxyl groups is 2. The van der Waals surface area contributed by atoms with Crippen molar-refractivity contribution in [3.63, 3.8) is 0 Å². The monoisotopic (exact) mass is 243 g/mol. The molecule has 0 aromatic heterocycles. The normalized spacial score (nSPS) is 10.3. The Hall–Kier alpha value is -1.66. The van der Waals surface area contributed by atoms with Crippen LogP contribution in [0.15, 0.2) is 18.2 Å². The van der Waals surface area contributed by atoms with Gasteiger partial charge in [0.05, 0.1) is 24.5 Å². The van der Waals surface area contributed by atoms with Gasteiger partial charge in [0.15, 0.2) is 0 Å². The Morgan fingerprint density at radius 1 is 1.24 bits per heavy atom. The van der Waals surface area contributed by atoms with Crippen molar-refractivity contribution in [1.29, 1.82) is 0 Å². The van der Waals surface area contributed by atoms with E-state index in [4.69, 9.17) is 15.3 Å². The van der Waals surface area contributed by atoms with Crippen LogP contribution in [0.5, 0.6) is 0 Å². The van der Waals surface area contributed by atoms with Crippen LogP contribution < -0.4 is 4.90 Å². The summed E-state index contributed by atoms with van der Waals surface area (Å²) in [5, 5.41) is 26.7. The molecule has 1 aromatic rings. The lowest BCUT2D eigenvalue weighted by Gasteiger charge is -2.24. The average molecular weight is 243 g/mol. The number of nitrogens with zero attached hydrogens (tertiary/aromatic N) is 1. The van der Waals surface area contributed by atoms with E-state index < -0.39 is 11.8 Å². The summed E-state index contributed by atoms with van der Waals surface area (Å²) in [5.41, 5.74) is -0.296. The number of carbonyl (C=O) groups is 1. The summed E-state index contributed by atoms with van der Waals surface area (Å²) < 4.78 is 13.6. The second-order valence-electron chi connectivity index (χ2n) is 3.38. The first-order chi connectivity index (χ1) is 8.11. The third kappa shape index (κ3) is 3.15. The minimum Gasteiger partial charge on any atom is -0.478 e. The number of rotatable bonds is 6. The molecule has 0 aliphatic rings. The lowest BCUT2D eigenvalue weighted by atomic mass is 10.1. The molecule has 0 radical (unpaired) electrons. The Labute approximate surface area is 97.7 Å². The smallest absolute Gasteiger partial charge is 0.337 e. The van der Waals surface area contributed by atoms with Crippen molar-refractivity contribution in [3.8, 4) is 0 Å². The van der Waals surface area contributed by atoms with Gasteiger partial charge >= 0.3 is 5.97 Å². The van der Waals surface area contributed by atoms with E-state index in [-0.39, 0.29) is 37.6 Å². The van der Waals surface area contributed by atoms with E-state index in [2.05, 4.69) is 0 Å². The summed E-state index contributed by atoms with van der Waals surface area (Å²) in [6.45, 7) is -0.398. The number of hydrogen-bond acceptors (Lipinski definition) is 4. The van der Waals surface area contributed by atoms with Crippen molar-refractivity contribution in [2.75, 3.05) is 31.2 Å². The van der Waals surface area contributed by atoms with Crippen LogP contribution in [0.3, 0.4) is 0 Å². The third-order valence-corrected chi connectivity index (χ3v) is 2.27. The Bertz CT molecular complexity index is 391. The molecule has 5 nitrogen and oxygen atoms in total. The summed E-state index contributed by atoms with van der Waals surface area (Å²) in [5.74, 6) is -1.94. The van der Waals surface area contributed by atoms with Crippen molar-refractivity contribution in [2.45, 2.75) is 0 Å². The first-order valence-corrected chi connectivity index (χ1v) is 5.10. The minimum atomic E-state index is -1.25. The molecule has 1 rings (SSSR count). The zero-order chi connectivity index (χ0) is 12.8. The van der Waals surface area contributed by atoms with Gasteiger partial charge in [-0.3, -0.25) is 0 Å². The number of hydrogen-bond donors (Lipinski definition) is 3. The predicted octanol–water partition coefficient (Wildman–Crippen LogP) is 0.315. The van der Waals surface area contributed by atoms with Crippen LogP contribution >= 0.6 is 0 Å². The summed E-state index contributed by atoms with van der Waals surface area (Å²) in [4.78, 5) is 12.3. The van der Waals surface area contributed by atoms with Gasteiger partial charge in [0, 0.05) is 13.1 Å². The van der Waals surface area contributed by atoms with Gasteiger partial charge in [-0.1, -0.05) is 6.07 Å². The molecular weight excluding hydrogens is 229 g/mol. The highest BCUT2D eigenvalue weighted by Crippen LogP contribution is 2.24. The maximum Gasteiger partial charge on any atom is 0.337 e. The molecule has 0 saturated carbocycles. The van der Waals surface area contributed by atoms with Gasteiger partial charge in [-0.05, 0) is 12.1 Å². The Morgan fingerprint density at radius 3 is 2.29 bits per heavy atom. The SMILES string of the molecule is O=C(O)c1cccc(F)c1N(CCO)CCO. The largest absolute Gasteiger partial charge is 0.478 e. The van der Waals surface area contributed by atoms with Crippen LogP contribution in [-0.4, -0.2) is 47.6 Å². The highest BCUT2D eigenvalue weighted by atomic mass is 19.1. The number of benzene rings is 1. The van der Waals surface area contributed by atoms with Gasteiger partial charge in [-0.25, -0.2) is 9.18 Å². The molecule has 17 heavy (non-hydrogen) atoms. The molecule has 94 valence electrons. The van der Waals surface area contributed by atoms with Gasteiger partial charge < -0.3 is 20.2 Å². The van der Waals surface area contributed by atoms with E-state index in [1.165, 1.54) is 17.0 Å². The first kappa shape index (κ1) is 13.4. The topological polar surface area (TPSA) is 81.0 Å². The van der Waals surface area contributed by atoms with Gasteiger partial charge in [-0.15, -0.1) is 0 Å². The molecule has 6 heteroatoms. The summed E-state index contributed by atoms with van der Waals surface area (Å²) >= 11 is 0. The Kier molecular flexibility index (Phi) is 4.86. The number of anilines is 1. The van der Waals surface area contributed by atoms with Crippen LogP contribution in [0.25, 0.3) is 0 Å². The summed E-state index contributed by atoms with van der Waals surface area (Å²) in [7, 11) is 0. The quantitative estimate of drug-likeness (QED) is 0.670. The number of aliphatic hydroxyl groups excluding tert-OH is 2. The zero-order valence-electron chi connectivity index (χ0n) is 9.14. The zero-order valence-corrected chi connectivity index (χ0v) is 9.14. The lowest BCUT2D eigenvalue weighted by Crippen LogP contribution is -2.32. The number of halogens is 1. The van der Waals surface area contributed by atoms with Crippen molar-refractivity contribution >= 4 is 11.7 Å². The standard InChI is InChI=1S/C11H14FNO4/c12-9-3-1-2-8(11(16)17)10(9)13(4-6-14)5-7-15/h1-3,14-15H,4-7H2,(H,16,17). The van der Waals surface area contributed by atoms with Gasteiger partial charge in [0.1, 0.15) is 5.82 Å². The molecule has 0 aliphatic carbocycles. The molecule has 0 bridgehead atoms. The molecule has 1 aromatic carbocycles. The maximum atomic E-state index is 13.6. The van der Waals surface area contributed by atoms with Crippen LogP contribution in [0.1, 0.15) is 10.4 Å². The van der Waals surface area contributed by atoms with E-state index in [9.17, 15) is 9.18 Å². The number of aromatic carboxylic acids is 1. The fourth-order valence-electron chi connectivity index (χ4n) is 1.59. The molecule has 0 spiro atoms. The average Bonchev–Trinajstić information content (AvgIpc) is 2.28. The number of carboxylic acid groups (broad SMARTS) is 1. The maximum absolute atomic E-state index is 13.6. The molecule has 0 fully saturated rings. The lowest BCUT2D eigenvalue weighted by molar-refractivity contribution is 0.0696. The molecule has 0 unspecified atom stereocenters. The van der Waals surface area contributed by atoms with E-state index in [0.717, 1.165) is 6.07 Å². The van der Waals surface area contributed by atoms with Gasteiger partial charge in [0.25, 0.3) is 0 Å². The molecule has 0 aliphatic heterocycles. The van der Waals surface area contributed by atoms with Gasteiger partial charge in [0.2, 0.25) is 0 Å². The van der Waals surface area contributed by atoms with E-state index in [1.807, 2.05) is 0 Å². The third-order valence-electron chi connectivity index (χ3n) is 2.27. The van der Waals surface area contributed by atoms with Crippen molar-refractivity contribution < 1.29 is 24.5 Å². The summed E-state index contributed by atoms with van der Waals surface area (Å²) in [6, 6.07) is 3.73. The van der Waals surface area contributed by atoms with Crippen LogP contribution in [-0.2, 0) is 0 Å². The summed E-state index contributed by atoms with van der Waals surface area (Å²) in [6.07, 6.45) is 0. The molecule has 0 heterocycles. The fraction of sp³-hybridized carbons (Fsp3) is 0.364. The fourth-order valence-corrected chi connectivity index (χ4v) is 1.59. The van der Waals surface area contributed by atoms with Crippen LogP contribution in [0.4, 0.5) is 10.1 Å². The minimum absolute atomic E-state index is 0.0573. The van der Waals surface area contributed by atoms with E-state index in [1.54, 1.807) is 0 Å². The second kappa shape index (κ2) is 6.17. The van der Waals surface area contributed by atoms with Crippen molar-refractivity contribution in [2.24, 2.45) is 0 Å².